The molecule has 1 atom stereocenters. The van der Waals surface area contributed by atoms with Crippen molar-refractivity contribution in [3.63, 3.8) is 0 Å². The lowest BCUT2D eigenvalue weighted by atomic mass is 9.90. The van der Waals surface area contributed by atoms with E-state index in [-0.39, 0.29) is 18.1 Å². The first-order valence-electron chi connectivity index (χ1n) is 7.50. The molecule has 3 rings (SSSR count). The van der Waals surface area contributed by atoms with Crippen LogP contribution in [0.2, 0.25) is 0 Å². The molecule has 1 aromatic carbocycles. The van der Waals surface area contributed by atoms with Crippen LogP contribution in [0.25, 0.3) is 0 Å². The number of imide groups is 1. The van der Waals surface area contributed by atoms with Gasteiger partial charge in [0.15, 0.2) is 0 Å². The number of hydrogen-bond acceptors (Lipinski definition) is 4. The molecule has 118 valence electrons. The first kappa shape index (κ1) is 15.0. The summed E-state index contributed by atoms with van der Waals surface area (Å²) in [4.78, 5) is 27.3. The Morgan fingerprint density at radius 1 is 1.27 bits per heavy atom. The highest BCUT2D eigenvalue weighted by Crippen LogP contribution is 2.31. The Morgan fingerprint density at radius 2 is 2.00 bits per heavy atom. The fraction of sp³-hybridized carbons (Fsp3) is 0.500. The number of carbonyl (C=O) groups excluding carboxylic acids is 2. The van der Waals surface area contributed by atoms with Crippen molar-refractivity contribution in [3.8, 4) is 0 Å². The van der Waals surface area contributed by atoms with Crippen LogP contribution in [0.15, 0.2) is 18.2 Å². The topological polar surface area (TPSA) is 52.6 Å². The van der Waals surface area contributed by atoms with Crippen LogP contribution in [-0.4, -0.2) is 49.9 Å². The van der Waals surface area contributed by atoms with E-state index in [2.05, 4.69) is 15.1 Å². The van der Waals surface area contributed by atoms with Crippen LogP contribution in [0.5, 0.6) is 0 Å². The van der Waals surface area contributed by atoms with E-state index in [0.717, 1.165) is 18.8 Å². The molecule has 22 heavy (non-hydrogen) atoms. The average Bonchev–Trinajstić information content (AvgIpc) is 2.38. The Kier molecular flexibility index (Phi) is 3.87. The van der Waals surface area contributed by atoms with Gasteiger partial charge in [0, 0.05) is 36.8 Å². The molecule has 0 aliphatic carbocycles. The van der Waals surface area contributed by atoms with Crippen molar-refractivity contribution in [1.82, 2.24) is 10.2 Å². The summed E-state index contributed by atoms with van der Waals surface area (Å²) in [5.41, 5.74) is 1.21. The van der Waals surface area contributed by atoms with Crippen LogP contribution >= 0.6 is 0 Å². The number of nitrogens with one attached hydrogen (secondary N) is 1. The van der Waals surface area contributed by atoms with Gasteiger partial charge in [-0.1, -0.05) is 6.07 Å². The molecule has 6 heteroatoms. The zero-order valence-corrected chi connectivity index (χ0v) is 12.8. The Balaban J connectivity index is 1.73. The summed E-state index contributed by atoms with van der Waals surface area (Å²) in [6, 6.07) is 5.52. The number of piperidine rings is 1. The number of hydrogen-bond donors (Lipinski definition) is 1. The van der Waals surface area contributed by atoms with Crippen molar-refractivity contribution in [2.75, 3.05) is 32.1 Å². The molecule has 2 heterocycles. The quantitative estimate of drug-likeness (QED) is 0.850. The number of halogens is 1. The van der Waals surface area contributed by atoms with Gasteiger partial charge in [-0.25, -0.2) is 4.39 Å². The first-order chi connectivity index (χ1) is 10.5. The van der Waals surface area contributed by atoms with Crippen LogP contribution in [-0.2, 0) is 9.59 Å². The van der Waals surface area contributed by atoms with Crippen molar-refractivity contribution in [2.45, 2.75) is 24.8 Å². The normalized spacial score (nSPS) is 22.7. The van der Waals surface area contributed by atoms with Gasteiger partial charge >= 0.3 is 0 Å². The van der Waals surface area contributed by atoms with Gasteiger partial charge < -0.3 is 9.80 Å². The van der Waals surface area contributed by atoms with E-state index in [1.54, 1.807) is 6.07 Å². The first-order valence-corrected chi connectivity index (χ1v) is 7.50. The summed E-state index contributed by atoms with van der Waals surface area (Å²) in [7, 11) is 4.07. The average molecular weight is 305 g/mol. The zero-order valence-electron chi connectivity index (χ0n) is 12.8. The van der Waals surface area contributed by atoms with Crippen LogP contribution in [0, 0.1) is 5.82 Å². The largest absolute Gasteiger partial charge is 0.368 e. The summed E-state index contributed by atoms with van der Waals surface area (Å²) in [6.07, 6.45) is 0.627. The van der Waals surface area contributed by atoms with Crippen molar-refractivity contribution >= 4 is 17.5 Å². The number of nitrogens with zero attached hydrogens (tertiary/aromatic N) is 2. The van der Waals surface area contributed by atoms with Crippen LogP contribution in [0.3, 0.4) is 0 Å². The highest BCUT2D eigenvalue weighted by atomic mass is 19.1. The third-order valence-electron chi connectivity index (χ3n) is 4.56. The van der Waals surface area contributed by atoms with E-state index in [9.17, 15) is 14.0 Å². The molecule has 1 N–H and O–H groups in total. The highest BCUT2D eigenvalue weighted by Gasteiger charge is 2.32. The minimum atomic E-state index is -0.572. The number of benzene rings is 1. The predicted octanol–water partition coefficient (Wildman–Crippen LogP) is 1.10. The molecule has 0 bridgehead atoms. The lowest BCUT2D eigenvalue weighted by Crippen LogP contribution is -2.57. The smallest absolute Gasteiger partial charge is 0.234 e. The minimum Gasteiger partial charge on any atom is -0.368 e. The summed E-state index contributed by atoms with van der Waals surface area (Å²) in [5.74, 6) is -1.63. The number of likely N-dealkylation sites (N-methyl/N-ethyl adjacent to an activating group) is 1. The molecule has 2 fully saturated rings. The lowest BCUT2D eigenvalue weighted by molar-refractivity contribution is -0.134. The Labute approximate surface area is 129 Å². The fourth-order valence-electron chi connectivity index (χ4n) is 2.98. The summed E-state index contributed by atoms with van der Waals surface area (Å²) >= 11 is 0. The molecule has 0 radical (unpaired) electrons. The maximum absolute atomic E-state index is 14.4. The molecule has 2 amide bonds. The molecule has 0 saturated carbocycles. The molecule has 2 saturated heterocycles. The number of amides is 2. The fourth-order valence-corrected chi connectivity index (χ4v) is 2.98. The van der Waals surface area contributed by atoms with Gasteiger partial charge in [0.1, 0.15) is 5.82 Å². The van der Waals surface area contributed by atoms with E-state index < -0.39 is 11.8 Å². The van der Waals surface area contributed by atoms with Gasteiger partial charge in [-0.05, 0) is 32.6 Å². The molecule has 5 nitrogen and oxygen atoms in total. The van der Waals surface area contributed by atoms with Gasteiger partial charge in [0.25, 0.3) is 0 Å². The number of rotatable bonds is 3. The van der Waals surface area contributed by atoms with Gasteiger partial charge in [-0.2, -0.15) is 0 Å². The van der Waals surface area contributed by atoms with Gasteiger partial charge in [-0.3, -0.25) is 14.9 Å². The zero-order chi connectivity index (χ0) is 15.9. The second-order valence-electron chi connectivity index (χ2n) is 6.23. The molecule has 0 aromatic heterocycles. The lowest BCUT2D eigenvalue weighted by Gasteiger charge is -2.44. The summed E-state index contributed by atoms with van der Waals surface area (Å²) in [6.45, 7) is 1.76. The van der Waals surface area contributed by atoms with E-state index in [0.29, 0.717) is 18.0 Å². The standard InChI is InChI=1S/C16H20FN3O2/c1-19(2)11-8-20(9-11)10-3-4-12(14(17)7-10)13-5-6-15(21)18-16(13)22/h3-4,7,11,13H,5-6,8-9H2,1-2H3,(H,18,21,22). The molecule has 0 spiro atoms. The van der Waals surface area contributed by atoms with Crippen molar-refractivity contribution in [2.24, 2.45) is 0 Å². The van der Waals surface area contributed by atoms with Crippen molar-refractivity contribution in [3.05, 3.63) is 29.6 Å². The second kappa shape index (κ2) is 5.68. The maximum atomic E-state index is 14.4. The highest BCUT2D eigenvalue weighted by molar-refractivity contribution is 6.00. The van der Waals surface area contributed by atoms with Crippen molar-refractivity contribution < 1.29 is 14.0 Å². The predicted molar refractivity (Wildman–Crippen MR) is 81.2 cm³/mol. The Bertz CT molecular complexity index is 611. The van der Waals surface area contributed by atoms with E-state index in [1.807, 2.05) is 20.2 Å². The van der Waals surface area contributed by atoms with Crippen LogP contribution in [0.4, 0.5) is 10.1 Å². The molecule has 1 unspecified atom stereocenters. The summed E-state index contributed by atoms with van der Waals surface area (Å²) < 4.78 is 14.4. The van der Waals surface area contributed by atoms with Crippen molar-refractivity contribution in [1.29, 1.82) is 0 Å². The van der Waals surface area contributed by atoms with E-state index in [4.69, 9.17) is 0 Å². The number of anilines is 1. The van der Waals surface area contributed by atoms with Crippen LogP contribution in [0.1, 0.15) is 24.3 Å². The molecular weight excluding hydrogens is 285 g/mol. The van der Waals surface area contributed by atoms with Crippen LogP contribution < -0.4 is 10.2 Å². The monoisotopic (exact) mass is 305 g/mol. The minimum absolute atomic E-state index is 0.258. The Morgan fingerprint density at radius 3 is 2.59 bits per heavy atom. The van der Waals surface area contributed by atoms with E-state index in [1.165, 1.54) is 6.07 Å². The third-order valence-corrected chi connectivity index (χ3v) is 4.56. The maximum Gasteiger partial charge on any atom is 0.234 e. The van der Waals surface area contributed by atoms with Gasteiger partial charge in [-0.15, -0.1) is 0 Å². The third kappa shape index (κ3) is 2.70. The summed E-state index contributed by atoms with van der Waals surface area (Å²) in [5, 5.41) is 2.27. The Hall–Kier alpha value is -1.95. The molecule has 1 aromatic rings. The SMILES string of the molecule is CN(C)C1CN(c2ccc(C3CCC(=O)NC3=O)c(F)c2)C1. The van der Waals surface area contributed by atoms with Gasteiger partial charge in [0.05, 0.1) is 5.92 Å². The molecule has 2 aliphatic rings. The number of carbonyl (C=O) groups is 2. The molecule has 2 aliphatic heterocycles. The molecular formula is C16H20FN3O2. The van der Waals surface area contributed by atoms with Gasteiger partial charge in [0.2, 0.25) is 11.8 Å². The second-order valence-corrected chi connectivity index (χ2v) is 6.23. The van der Waals surface area contributed by atoms with E-state index >= 15 is 0 Å².